The number of hydrogen-bond acceptors (Lipinski definition) is 3. The van der Waals surface area contributed by atoms with Gasteiger partial charge in [-0.2, -0.15) is 0 Å². The highest BCUT2D eigenvalue weighted by Crippen LogP contribution is 2.24. The second-order valence-corrected chi connectivity index (χ2v) is 7.49. The Hall–Kier alpha value is -2.17. The summed E-state index contributed by atoms with van der Waals surface area (Å²) in [7, 11) is 0. The van der Waals surface area contributed by atoms with E-state index in [2.05, 4.69) is 12.1 Å². The summed E-state index contributed by atoms with van der Waals surface area (Å²) in [6.07, 6.45) is 2.02. The fourth-order valence-corrected chi connectivity index (χ4v) is 3.68. The second-order valence-electron chi connectivity index (χ2n) is 7.49. The highest BCUT2D eigenvalue weighted by molar-refractivity contribution is 5.79. The number of rotatable bonds is 7. The first-order chi connectivity index (χ1) is 13.1. The van der Waals surface area contributed by atoms with E-state index in [1.165, 1.54) is 0 Å². The van der Waals surface area contributed by atoms with Gasteiger partial charge < -0.3 is 15.4 Å². The molecule has 2 unspecified atom stereocenters. The van der Waals surface area contributed by atoms with E-state index in [1.54, 1.807) is 0 Å². The Kier molecular flexibility index (Phi) is 7.02. The number of amides is 1. The Balaban J connectivity index is 1.74. The Morgan fingerprint density at radius 1 is 1.07 bits per heavy atom. The lowest BCUT2D eigenvalue weighted by Crippen LogP contribution is -2.42. The van der Waals surface area contributed by atoms with E-state index in [0.29, 0.717) is 12.5 Å². The molecule has 0 saturated carbocycles. The molecule has 27 heavy (non-hydrogen) atoms. The van der Waals surface area contributed by atoms with Gasteiger partial charge in [0.2, 0.25) is 5.91 Å². The largest absolute Gasteiger partial charge is 0.381 e. The number of nitrogens with zero attached hydrogens (tertiary/aromatic N) is 1. The van der Waals surface area contributed by atoms with Gasteiger partial charge in [0.05, 0.1) is 5.92 Å². The van der Waals surface area contributed by atoms with E-state index in [4.69, 9.17) is 10.5 Å². The number of nitrogens with two attached hydrogens (primary N) is 1. The topological polar surface area (TPSA) is 55.6 Å². The van der Waals surface area contributed by atoms with Crippen LogP contribution in [0.15, 0.2) is 60.7 Å². The van der Waals surface area contributed by atoms with Crippen molar-refractivity contribution in [1.82, 2.24) is 4.90 Å². The zero-order valence-electron chi connectivity index (χ0n) is 16.1. The fourth-order valence-electron chi connectivity index (χ4n) is 3.68. The molecule has 1 saturated heterocycles. The highest BCUT2D eigenvalue weighted by atomic mass is 16.5. The fraction of sp³-hybridized carbons (Fsp3) is 0.435. The molecule has 1 heterocycles. The van der Waals surface area contributed by atoms with Crippen LogP contribution in [0.5, 0.6) is 0 Å². The SMILES string of the molecule is CC(C(=O)N(Cc1ccccc1)CC1CCOCC1)C(N)c1ccccc1. The van der Waals surface area contributed by atoms with Crippen LogP contribution in [0.2, 0.25) is 0 Å². The van der Waals surface area contributed by atoms with Gasteiger partial charge in [-0.25, -0.2) is 0 Å². The van der Waals surface area contributed by atoms with Crippen LogP contribution in [0, 0.1) is 11.8 Å². The molecule has 144 valence electrons. The van der Waals surface area contributed by atoms with Gasteiger partial charge in [-0.15, -0.1) is 0 Å². The van der Waals surface area contributed by atoms with Gasteiger partial charge in [0.15, 0.2) is 0 Å². The summed E-state index contributed by atoms with van der Waals surface area (Å²) in [5, 5.41) is 0. The summed E-state index contributed by atoms with van der Waals surface area (Å²) in [5.74, 6) is 0.351. The standard InChI is InChI=1S/C23H30N2O2/c1-18(22(24)21-10-6-3-7-11-21)23(26)25(16-19-8-4-2-5-9-19)17-20-12-14-27-15-13-20/h2-11,18,20,22H,12-17,24H2,1H3. The molecular formula is C23H30N2O2. The van der Waals surface area contributed by atoms with E-state index in [1.807, 2.05) is 60.4 Å². The average Bonchev–Trinajstić information content (AvgIpc) is 2.74. The van der Waals surface area contributed by atoms with Gasteiger partial charge in [0, 0.05) is 32.3 Å². The lowest BCUT2D eigenvalue weighted by molar-refractivity contribution is -0.137. The summed E-state index contributed by atoms with van der Waals surface area (Å²) in [5.41, 5.74) is 8.59. The van der Waals surface area contributed by atoms with Crippen molar-refractivity contribution in [2.24, 2.45) is 17.6 Å². The van der Waals surface area contributed by atoms with Crippen LogP contribution in [-0.2, 0) is 16.1 Å². The first-order valence-corrected chi connectivity index (χ1v) is 9.86. The van der Waals surface area contributed by atoms with Crippen molar-refractivity contribution in [2.45, 2.75) is 32.4 Å². The molecule has 1 fully saturated rings. The van der Waals surface area contributed by atoms with Crippen LogP contribution in [0.3, 0.4) is 0 Å². The zero-order valence-corrected chi connectivity index (χ0v) is 16.1. The summed E-state index contributed by atoms with van der Waals surface area (Å²) in [6.45, 7) is 4.92. The average molecular weight is 367 g/mol. The van der Waals surface area contributed by atoms with Gasteiger partial charge >= 0.3 is 0 Å². The minimum atomic E-state index is -0.299. The Bertz CT molecular complexity index is 699. The van der Waals surface area contributed by atoms with E-state index < -0.39 is 0 Å². The summed E-state index contributed by atoms with van der Waals surface area (Å²) in [6, 6.07) is 19.8. The Morgan fingerprint density at radius 2 is 1.67 bits per heavy atom. The van der Waals surface area contributed by atoms with Crippen LogP contribution in [0.1, 0.15) is 36.9 Å². The maximum Gasteiger partial charge on any atom is 0.227 e. The lowest BCUT2D eigenvalue weighted by Gasteiger charge is -2.33. The number of benzene rings is 2. The third-order valence-electron chi connectivity index (χ3n) is 5.46. The van der Waals surface area contributed by atoms with E-state index in [0.717, 1.165) is 43.7 Å². The second kappa shape index (κ2) is 9.67. The molecule has 4 heteroatoms. The molecule has 1 aliphatic heterocycles. The van der Waals surface area contributed by atoms with Crippen LogP contribution in [0.4, 0.5) is 0 Å². The van der Waals surface area contributed by atoms with E-state index in [9.17, 15) is 4.79 Å². The van der Waals surface area contributed by atoms with Crippen molar-refractivity contribution in [1.29, 1.82) is 0 Å². The molecular weight excluding hydrogens is 336 g/mol. The van der Waals surface area contributed by atoms with Crippen LogP contribution < -0.4 is 5.73 Å². The van der Waals surface area contributed by atoms with E-state index >= 15 is 0 Å². The molecule has 0 bridgehead atoms. The number of carbonyl (C=O) groups excluding carboxylic acids is 1. The van der Waals surface area contributed by atoms with Crippen molar-refractivity contribution in [3.8, 4) is 0 Å². The molecule has 2 aromatic rings. The maximum atomic E-state index is 13.4. The lowest BCUT2D eigenvalue weighted by atomic mass is 9.92. The molecule has 0 aliphatic carbocycles. The van der Waals surface area contributed by atoms with E-state index in [-0.39, 0.29) is 17.9 Å². The van der Waals surface area contributed by atoms with Crippen LogP contribution >= 0.6 is 0 Å². The molecule has 1 amide bonds. The Morgan fingerprint density at radius 3 is 2.30 bits per heavy atom. The first-order valence-electron chi connectivity index (χ1n) is 9.86. The molecule has 2 aromatic carbocycles. The smallest absolute Gasteiger partial charge is 0.227 e. The molecule has 3 rings (SSSR count). The van der Waals surface area contributed by atoms with Crippen LogP contribution in [-0.4, -0.2) is 30.6 Å². The van der Waals surface area contributed by atoms with Crippen molar-refractivity contribution < 1.29 is 9.53 Å². The minimum absolute atomic E-state index is 0.127. The van der Waals surface area contributed by atoms with Crippen molar-refractivity contribution >= 4 is 5.91 Å². The van der Waals surface area contributed by atoms with Gasteiger partial charge in [0.25, 0.3) is 0 Å². The monoisotopic (exact) mass is 366 g/mol. The minimum Gasteiger partial charge on any atom is -0.381 e. The van der Waals surface area contributed by atoms with Gasteiger partial charge in [-0.3, -0.25) is 4.79 Å². The summed E-state index contributed by atoms with van der Waals surface area (Å²) < 4.78 is 5.48. The number of ether oxygens (including phenoxy) is 1. The third kappa shape index (κ3) is 5.41. The van der Waals surface area contributed by atoms with Crippen molar-refractivity contribution in [2.75, 3.05) is 19.8 Å². The number of carbonyl (C=O) groups is 1. The van der Waals surface area contributed by atoms with Gasteiger partial charge in [0.1, 0.15) is 0 Å². The summed E-state index contributed by atoms with van der Waals surface area (Å²) >= 11 is 0. The molecule has 2 N–H and O–H groups in total. The summed E-state index contributed by atoms with van der Waals surface area (Å²) in [4.78, 5) is 15.3. The maximum absolute atomic E-state index is 13.4. The molecule has 1 aliphatic rings. The number of hydrogen-bond donors (Lipinski definition) is 1. The first kappa shape index (κ1) is 19.6. The third-order valence-corrected chi connectivity index (χ3v) is 5.46. The zero-order chi connectivity index (χ0) is 19.1. The van der Waals surface area contributed by atoms with Gasteiger partial charge in [-0.05, 0) is 29.9 Å². The molecule has 2 atom stereocenters. The van der Waals surface area contributed by atoms with Gasteiger partial charge in [-0.1, -0.05) is 67.6 Å². The normalized spacial score (nSPS) is 17.3. The molecule has 0 radical (unpaired) electrons. The highest BCUT2D eigenvalue weighted by Gasteiger charge is 2.29. The molecule has 4 nitrogen and oxygen atoms in total. The quantitative estimate of drug-likeness (QED) is 0.811. The molecule has 0 aromatic heterocycles. The van der Waals surface area contributed by atoms with Crippen molar-refractivity contribution in [3.05, 3.63) is 71.8 Å². The van der Waals surface area contributed by atoms with Crippen molar-refractivity contribution in [3.63, 3.8) is 0 Å². The predicted octanol–water partition coefficient (Wildman–Crippen LogP) is 3.78. The molecule has 0 spiro atoms. The Labute approximate surface area is 162 Å². The predicted molar refractivity (Wildman–Crippen MR) is 108 cm³/mol. The van der Waals surface area contributed by atoms with Crippen LogP contribution in [0.25, 0.3) is 0 Å².